The normalized spacial score (nSPS) is 10.5. The van der Waals surface area contributed by atoms with Gasteiger partial charge in [-0.05, 0) is 0 Å². The lowest BCUT2D eigenvalue weighted by Crippen LogP contribution is -2.26. The van der Waals surface area contributed by atoms with Crippen LogP contribution in [-0.2, 0) is 9.59 Å². The molecule has 1 N–H and O–H groups in total. The van der Waals surface area contributed by atoms with Crippen LogP contribution in [0.15, 0.2) is 37.0 Å². The molecule has 0 unspecified atom stereocenters. The van der Waals surface area contributed by atoms with E-state index in [0.717, 1.165) is 0 Å². The van der Waals surface area contributed by atoms with Crippen LogP contribution in [0.1, 0.15) is 13.3 Å². The van der Waals surface area contributed by atoms with Crippen LogP contribution in [0, 0.1) is 0 Å². The number of amides is 2. The summed E-state index contributed by atoms with van der Waals surface area (Å²) in [7, 11) is 0. The first kappa shape index (κ1) is 11.4. The third-order valence-corrected chi connectivity index (χ3v) is 1.11. The molecule has 70 valence electrons. The molecule has 0 radical (unpaired) electrons. The van der Waals surface area contributed by atoms with Crippen molar-refractivity contribution in [1.29, 1.82) is 0 Å². The SMILES string of the molecule is C=C/C=C\C=C/CC(=O)NC(C)=O. The summed E-state index contributed by atoms with van der Waals surface area (Å²) in [6, 6.07) is 0. The molecule has 0 heterocycles. The molecule has 0 saturated carbocycles. The zero-order chi connectivity index (χ0) is 10.1. The van der Waals surface area contributed by atoms with Crippen molar-refractivity contribution in [3.8, 4) is 0 Å². The maximum atomic E-state index is 10.9. The van der Waals surface area contributed by atoms with Gasteiger partial charge in [0.15, 0.2) is 0 Å². The van der Waals surface area contributed by atoms with E-state index in [1.807, 2.05) is 0 Å². The van der Waals surface area contributed by atoms with Gasteiger partial charge in [-0.2, -0.15) is 0 Å². The number of carbonyl (C=O) groups excluding carboxylic acids is 2. The van der Waals surface area contributed by atoms with Crippen LogP contribution < -0.4 is 5.32 Å². The van der Waals surface area contributed by atoms with Crippen molar-refractivity contribution < 1.29 is 9.59 Å². The molecule has 0 bridgehead atoms. The predicted molar refractivity (Wildman–Crippen MR) is 51.9 cm³/mol. The summed E-state index contributed by atoms with van der Waals surface area (Å²) in [4.78, 5) is 21.3. The Kier molecular flexibility index (Phi) is 6.15. The van der Waals surface area contributed by atoms with Crippen molar-refractivity contribution in [2.75, 3.05) is 0 Å². The minimum absolute atomic E-state index is 0.209. The summed E-state index contributed by atoms with van der Waals surface area (Å²) >= 11 is 0. The van der Waals surface area contributed by atoms with E-state index < -0.39 is 0 Å². The predicted octanol–water partition coefficient (Wildman–Crippen LogP) is 1.34. The molecular formula is C10H13NO2. The van der Waals surface area contributed by atoms with Gasteiger partial charge in [0.05, 0.1) is 0 Å². The van der Waals surface area contributed by atoms with Gasteiger partial charge in [-0.3, -0.25) is 14.9 Å². The van der Waals surface area contributed by atoms with Gasteiger partial charge in [-0.15, -0.1) is 0 Å². The minimum atomic E-state index is -0.333. The van der Waals surface area contributed by atoms with Gasteiger partial charge < -0.3 is 0 Å². The van der Waals surface area contributed by atoms with Crippen molar-refractivity contribution >= 4 is 11.8 Å². The number of rotatable bonds is 4. The van der Waals surface area contributed by atoms with E-state index in [4.69, 9.17) is 0 Å². The minimum Gasteiger partial charge on any atom is -0.296 e. The first-order valence-electron chi connectivity index (χ1n) is 3.91. The van der Waals surface area contributed by atoms with E-state index in [2.05, 4.69) is 11.9 Å². The van der Waals surface area contributed by atoms with Crippen molar-refractivity contribution in [1.82, 2.24) is 5.32 Å². The second-order valence-electron chi connectivity index (χ2n) is 2.36. The number of carbonyl (C=O) groups is 2. The van der Waals surface area contributed by atoms with Crippen molar-refractivity contribution in [2.45, 2.75) is 13.3 Å². The molecule has 0 aromatic heterocycles. The van der Waals surface area contributed by atoms with Crippen molar-refractivity contribution in [2.24, 2.45) is 0 Å². The summed E-state index contributed by atoms with van der Waals surface area (Å²) in [5.74, 6) is -0.629. The van der Waals surface area contributed by atoms with Gasteiger partial charge in [0.25, 0.3) is 0 Å². The molecule has 2 amide bonds. The molecule has 0 fully saturated rings. The fraction of sp³-hybridized carbons (Fsp3) is 0.200. The highest BCUT2D eigenvalue weighted by Crippen LogP contribution is 1.85. The van der Waals surface area contributed by atoms with Gasteiger partial charge in [0.2, 0.25) is 11.8 Å². The molecule has 0 aliphatic rings. The number of imide groups is 1. The fourth-order valence-electron chi connectivity index (χ4n) is 0.644. The summed E-state index contributed by atoms with van der Waals surface area (Å²) in [5.41, 5.74) is 0. The number of allylic oxidation sites excluding steroid dienone is 4. The third kappa shape index (κ3) is 8.26. The third-order valence-electron chi connectivity index (χ3n) is 1.11. The summed E-state index contributed by atoms with van der Waals surface area (Å²) < 4.78 is 0. The van der Waals surface area contributed by atoms with E-state index in [9.17, 15) is 9.59 Å². The lowest BCUT2D eigenvalue weighted by atomic mass is 10.3. The molecular weight excluding hydrogens is 166 g/mol. The molecule has 0 aliphatic carbocycles. The van der Waals surface area contributed by atoms with Crippen molar-refractivity contribution in [3.05, 3.63) is 37.0 Å². The highest BCUT2D eigenvalue weighted by molar-refractivity contribution is 5.94. The van der Waals surface area contributed by atoms with Gasteiger partial charge in [-0.1, -0.05) is 37.0 Å². The van der Waals surface area contributed by atoms with Crippen LogP contribution in [0.5, 0.6) is 0 Å². The Bertz CT molecular complexity index is 252. The van der Waals surface area contributed by atoms with Crippen LogP contribution in [0.2, 0.25) is 0 Å². The molecule has 0 aromatic rings. The smallest absolute Gasteiger partial charge is 0.230 e. The fourth-order valence-corrected chi connectivity index (χ4v) is 0.644. The van der Waals surface area contributed by atoms with E-state index >= 15 is 0 Å². The molecule has 0 atom stereocenters. The van der Waals surface area contributed by atoms with Gasteiger partial charge in [0.1, 0.15) is 0 Å². The second-order valence-corrected chi connectivity index (χ2v) is 2.36. The quantitative estimate of drug-likeness (QED) is 0.662. The summed E-state index contributed by atoms with van der Waals surface area (Å²) in [6.07, 6.45) is 8.74. The second kappa shape index (κ2) is 7.03. The zero-order valence-corrected chi connectivity index (χ0v) is 7.62. The van der Waals surface area contributed by atoms with Gasteiger partial charge in [0, 0.05) is 13.3 Å². The average molecular weight is 179 g/mol. The number of hydrogen-bond acceptors (Lipinski definition) is 2. The van der Waals surface area contributed by atoms with Crippen LogP contribution >= 0.6 is 0 Å². The van der Waals surface area contributed by atoms with Crippen LogP contribution in [-0.4, -0.2) is 11.8 Å². The van der Waals surface area contributed by atoms with E-state index in [0.29, 0.717) is 0 Å². The van der Waals surface area contributed by atoms with Gasteiger partial charge >= 0.3 is 0 Å². The number of hydrogen-bond donors (Lipinski definition) is 1. The molecule has 0 rings (SSSR count). The van der Waals surface area contributed by atoms with Gasteiger partial charge in [-0.25, -0.2) is 0 Å². The first-order chi connectivity index (χ1) is 6.16. The molecule has 3 heteroatoms. The van der Waals surface area contributed by atoms with E-state index in [-0.39, 0.29) is 18.2 Å². The molecule has 0 saturated heterocycles. The largest absolute Gasteiger partial charge is 0.296 e. The number of nitrogens with one attached hydrogen (secondary N) is 1. The topological polar surface area (TPSA) is 46.2 Å². The van der Waals surface area contributed by atoms with Crippen molar-refractivity contribution in [3.63, 3.8) is 0 Å². The standard InChI is InChI=1S/C10H13NO2/c1-3-4-5-6-7-8-10(13)11-9(2)12/h3-7H,1,8H2,2H3,(H,11,12,13)/b5-4-,7-6-. The maximum absolute atomic E-state index is 10.9. The van der Waals surface area contributed by atoms with Crippen LogP contribution in [0.25, 0.3) is 0 Å². The summed E-state index contributed by atoms with van der Waals surface area (Å²) in [6.45, 7) is 4.79. The maximum Gasteiger partial charge on any atom is 0.230 e. The highest BCUT2D eigenvalue weighted by atomic mass is 16.2. The Hall–Kier alpha value is -1.64. The van der Waals surface area contributed by atoms with E-state index in [1.54, 1.807) is 30.4 Å². The Morgan fingerprint density at radius 2 is 2.00 bits per heavy atom. The lowest BCUT2D eigenvalue weighted by Gasteiger charge is -1.94. The highest BCUT2D eigenvalue weighted by Gasteiger charge is 1.98. The Morgan fingerprint density at radius 1 is 1.31 bits per heavy atom. The Labute approximate surface area is 77.8 Å². The molecule has 0 aromatic carbocycles. The molecule has 13 heavy (non-hydrogen) atoms. The van der Waals surface area contributed by atoms with Crippen LogP contribution in [0.4, 0.5) is 0 Å². The lowest BCUT2D eigenvalue weighted by molar-refractivity contribution is -0.128. The zero-order valence-electron chi connectivity index (χ0n) is 7.62. The van der Waals surface area contributed by atoms with E-state index in [1.165, 1.54) is 6.92 Å². The van der Waals surface area contributed by atoms with Crippen LogP contribution in [0.3, 0.4) is 0 Å². The molecule has 0 aliphatic heterocycles. The average Bonchev–Trinajstić information content (AvgIpc) is 2.02. The molecule has 3 nitrogen and oxygen atoms in total. The Balaban J connectivity index is 3.69. The monoisotopic (exact) mass is 179 g/mol. The first-order valence-corrected chi connectivity index (χ1v) is 3.91. The Morgan fingerprint density at radius 3 is 2.54 bits per heavy atom. The molecule has 0 spiro atoms. The summed E-state index contributed by atoms with van der Waals surface area (Å²) in [5, 5.41) is 2.16.